The zero-order valence-corrected chi connectivity index (χ0v) is 10.2. The first kappa shape index (κ1) is 10.4. The van der Waals surface area contributed by atoms with Crippen LogP contribution in [0.3, 0.4) is 0 Å². The summed E-state index contributed by atoms with van der Waals surface area (Å²) in [6, 6.07) is 15.0. The van der Waals surface area contributed by atoms with Gasteiger partial charge in [-0.05, 0) is 28.7 Å². The van der Waals surface area contributed by atoms with Gasteiger partial charge in [0.25, 0.3) is 0 Å². The van der Waals surface area contributed by atoms with Gasteiger partial charge in [-0.3, -0.25) is 0 Å². The lowest BCUT2D eigenvalue weighted by atomic mass is 9.94. The summed E-state index contributed by atoms with van der Waals surface area (Å²) >= 11 is 0. The minimum absolute atomic E-state index is 0.543. The van der Waals surface area contributed by atoms with Gasteiger partial charge in [-0.1, -0.05) is 50.2 Å². The van der Waals surface area contributed by atoms with E-state index in [1.165, 1.54) is 22.3 Å². The van der Waals surface area contributed by atoms with Crippen molar-refractivity contribution < 1.29 is 4.74 Å². The van der Waals surface area contributed by atoms with Crippen LogP contribution in [-0.4, -0.2) is 0 Å². The molecule has 0 amide bonds. The fourth-order valence-electron chi connectivity index (χ4n) is 2.30. The molecule has 0 bridgehead atoms. The molecule has 0 saturated carbocycles. The Labute approximate surface area is 102 Å². The second-order valence-corrected chi connectivity index (χ2v) is 4.86. The fraction of sp³-hybridized carbons (Fsp3) is 0.250. The highest BCUT2D eigenvalue weighted by molar-refractivity contribution is 5.75. The van der Waals surface area contributed by atoms with Gasteiger partial charge in [0.1, 0.15) is 12.4 Å². The van der Waals surface area contributed by atoms with Gasteiger partial charge in [-0.2, -0.15) is 0 Å². The number of fused-ring (bicyclic) bond motifs is 3. The van der Waals surface area contributed by atoms with Crippen LogP contribution in [0.1, 0.15) is 30.9 Å². The smallest absolute Gasteiger partial charge is 0.127 e. The van der Waals surface area contributed by atoms with Crippen LogP contribution in [0, 0.1) is 0 Å². The lowest BCUT2D eigenvalue weighted by Crippen LogP contribution is -2.05. The van der Waals surface area contributed by atoms with Crippen molar-refractivity contribution in [2.24, 2.45) is 0 Å². The largest absolute Gasteiger partial charge is 0.488 e. The summed E-state index contributed by atoms with van der Waals surface area (Å²) in [5, 5.41) is 0. The maximum absolute atomic E-state index is 5.84. The van der Waals surface area contributed by atoms with E-state index < -0.39 is 0 Å². The first-order valence-corrected chi connectivity index (χ1v) is 6.11. The molecule has 1 nitrogen and oxygen atoms in total. The third kappa shape index (κ3) is 1.72. The van der Waals surface area contributed by atoms with E-state index in [9.17, 15) is 0 Å². The van der Waals surface area contributed by atoms with E-state index in [0.29, 0.717) is 12.5 Å². The number of rotatable bonds is 1. The first-order valence-electron chi connectivity index (χ1n) is 6.11. The van der Waals surface area contributed by atoms with E-state index in [1.807, 2.05) is 0 Å². The summed E-state index contributed by atoms with van der Waals surface area (Å²) < 4.78 is 5.84. The molecule has 0 saturated heterocycles. The summed E-state index contributed by atoms with van der Waals surface area (Å²) in [4.78, 5) is 0. The molecule has 3 rings (SSSR count). The molecule has 0 N–H and O–H groups in total. The van der Waals surface area contributed by atoms with Crippen LogP contribution >= 0.6 is 0 Å². The molecule has 0 atom stereocenters. The van der Waals surface area contributed by atoms with Gasteiger partial charge in [-0.15, -0.1) is 0 Å². The third-order valence-corrected chi connectivity index (χ3v) is 3.36. The number of ether oxygens (including phenoxy) is 1. The van der Waals surface area contributed by atoms with E-state index in [2.05, 4.69) is 56.3 Å². The zero-order chi connectivity index (χ0) is 11.8. The van der Waals surface area contributed by atoms with Gasteiger partial charge in [0.15, 0.2) is 0 Å². The molecule has 0 spiro atoms. The Kier molecular flexibility index (Phi) is 2.40. The summed E-state index contributed by atoms with van der Waals surface area (Å²) in [5.74, 6) is 1.57. The minimum atomic E-state index is 0.543. The van der Waals surface area contributed by atoms with Crippen LogP contribution in [0.15, 0.2) is 42.5 Å². The molecule has 0 unspecified atom stereocenters. The van der Waals surface area contributed by atoms with Gasteiger partial charge in [0.05, 0.1) is 0 Å². The minimum Gasteiger partial charge on any atom is -0.488 e. The predicted octanol–water partition coefficient (Wildman–Crippen LogP) is 4.37. The van der Waals surface area contributed by atoms with Gasteiger partial charge in [-0.25, -0.2) is 0 Å². The predicted molar refractivity (Wildman–Crippen MR) is 70.3 cm³/mol. The topological polar surface area (TPSA) is 9.23 Å². The van der Waals surface area contributed by atoms with Crippen molar-refractivity contribution in [2.75, 3.05) is 0 Å². The monoisotopic (exact) mass is 224 g/mol. The summed E-state index contributed by atoms with van der Waals surface area (Å²) in [7, 11) is 0. The maximum atomic E-state index is 5.84. The quantitative estimate of drug-likeness (QED) is 0.699. The fourth-order valence-corrected chi connectivity index (χ4v) is 2.30. The molecule has 0 aliphatic carbocycles. The summed E-state index contributed by atoms with van der Waals surface area (Å²) in [6.07, 6.45) is 0. The van der Waals surface area contributed by atoms with Crippen molar-refractivity contribution >= 4 is 0 Å². The highest BCUT2D eigenvalue weighted by Crippen LogP contribution is 2.38. The van der Waals surface area contributed by atoms with Gasteiger partial charge < -0.3 is 4.74 Å². The highest BCUT2D eigenvalue weighted by atomic mass is 16.5. The molecule has 17 heavy (non-hydrogen) atoms. The van der Waals surface area contributed by atoms with E-state index in [4.69, 9.17) is 4.74 Å². The van der Waals surface area contributed by atoms with Crippen molar-refractivity contribution in [1.29, 1.82) is 0 Å². The van der Waals surface area contributed by atoms with E-state index in [1.54, 1.807) is 0 Å². The Balaban J connectivity index is 2.15. The van der Waals surface area contributed by atoms with E-state index >= 15 is 0 Å². The average Bonchev–Trinajstić information content (AvgIpc) is 2.38. The van der Waals surface area contributed by atoms with Gasteiger partial charge in [0.2, 0.25) is 0 Å². The van der Waals surface area contributed by atoms with Crippen LogP contribution in [0.5, 0.6) is 5.75 Å². The van der Waals surface area contributed by atoms with Crippen LogP contribution < -0.4 is 4.74 Å². The molecule has 86 valence electrons. The molecule has 0 aromatic heterocycles. The Morgan fingerprint density at radius 3 is 2.65 bits per heavy atom. The zero-order valence-electron chi connectivity index (χ0n) is 10.2. The molecule has 1 aliphatic heterocycles. The van der Waals surface area contributed by atoms with Crippen molar-refractivity contribution in [3.8, 4) is 16.9 Å². The summed E-state index contributed by atoms with van der Waals surface area (Å²) in [5.41, 5.74) is 5.14. The normalized spacial score (nSPS) is 12.9. The molecular formula is C16H16O. The van der Waals surface area contributed by atoms with Crippen molar-refractivity contribution in [2.45, 2.75) is 26.4 Å². The van der Waals surface area contributed by atoms with Crippen LogP contribution in [0.4, 0.5) is 0 Å². The Hall–Kier alpha value is -1.76. The van der Waals surface area contributed by atoms with Crippen LogP contribution in [0.2, 0.25) is 0 Å². The van der Waals surface area contributed by atoms with E-state index in [0.717, 1.165) is 5.75 Å². The molecule has 0 fully saturated rings. The standard InChI is InChI=1S/C16H16O/c1-11(2)12-7-8-15-14-6-4-3-5-13(14)10-17-16(15)9-12/h3-9,11H,10H2,1-2H3. The highest BCUT2D eigenvalue weighted by Gasteiger charge is 2.17. The molecule has 0 radical (unpaired) electrons. The second-order valence-electron chi connectivity index (χ2n) is 4.86. The van der Waals surface area contributed by atoms with Crippen LogP contribution in [0.25, 0.3) is 11.1 Å². The van der Waals surface area contributed by atoms with Crippen molar-refractivity contribution in [1.82, 2.24) is 0 Å². The first-order chi connectivity index (χ1) is 8.25. The SMILES string of the molecule is CC(C)c1ccc2c(c1)OCc1ccccc1-2. The van der Waals surface area contributed by atoms with Gasteiger partial charge >= 0.3 is 0 Å². The Morgan fingerprint density at radius 1 is 1.00 bits per heavy atom. The molecule has 2 aromatic rings. The van der Waals surface area contributed by atoms with Crippen LogP contribution in [-0.2, 0) is 6.61 Å². The second kappa shape index (κ2) is 3.92. The Morgan fingerprint density at radius 2 is 1.82 bits per heavy atom. The molecule has 1 heteroatoms. The molecular weight excluding hydrogens is 208 g/mol. The summed E-state index contributed by atoms with van der Waals surface area (Å²) in [6.45, 7) is 5.10. The average molecular weight is 224 g/mol. The number of benzene rings is 2. The van der Waals surface area contributed by atoms with Crippen molar-refractivity contribution in [3.63, 3.8) is 0 Å². The van der Waals surface area contributed by atoms with Crippen molar-refractivity contribution in [3.05, 3.63) is 53.6 Å². The molecule has 1 aliphatic rings. The number of hydrogen-bond donors (Lipinski definition) is 0. The Bertz CT molecular complexity index is 555. The lowest BCUT2D eigenvalue weighted by molar-refractivity contribution is 0.302. The number of hydrogen-bond acceptors (Lipinski definition) is 1. The maximum Gasteiger partial charge on any atom is 0.127 e. The lowest BCUT2D eigenvalue weighted by Gasteiger charge is -2.22. The molecule has 2 aromatic carbocycles. The molecule has 1 heterocycles. The third-order valence-electron chi connectivity index (χ3n) is 3.36. The van der Waals surface area contributed by atoms with Gasteiger partial charge in [0, 0.05) is 5.56 Å². The van der Waals surface area contributed by atoms with E-state index in [-0.39, 0.29) is 0 Å².